The molecule has 1 heterocycles. The zero-order valence-corrected chi connectivity index (χ0v) is 17.4. The summed E-state index contributed by atoms with van der Waals surface area (Å²) in [4.78, 5) is 25.4. The van der Waals surface area contributed by atoms with Crippen molar-refractivity contribution < 1.29 is 28.5 Å². The van der Waals surface area contributed by atoms with Gasteiger partial charge in [-0.05, 0) is 36.8 Å². The molecule has 9 heteroatoms. The molecule has 0 aliphatic carbocycles. The van der Waals surface area contributed by atoms with Gasteiger partial charge in [-0.3, -0.25) is 4.79 Å². The quantitative estimate of drug-likeness (QED) is 0.553. The van der Waals surface area contributed by atoms with Crippen LogP contribution < -0.4 is 24.3 Å². The second kappa shape index (κ2) is 8.32. The van der Waals surface area contributed by atoms with Crippen LogP contribution in [0.5, 0.6) is 23.0 Å². The van der Waals surface area contributed by atoms with Crippen molar-refractivity contribution >= 4 is 18.2 Å². The van der Waals surface area contributed by atoms with E-state index in [2.05, 4.69) is 10.4 Å². The number of hydrogen-bond acceptors (Lipinski definition) is 7. The smallest absolute Gasteiger partial charge is 0.346 e. The molecule has 1 atom stereocenters. The predicted molar refractivity (Wildman–Crippen MR) is 109 cm³/mol. The highest BCUT2D eigenvalue weighted by Crippen LogP contribution is 2.38. The van der Waals surface area contributed by atoms with Gasteiger partial charge in [-0.15, -0.1) is 5.01 Å². The molecule has 3 amide bonds. The number of rotatable bonds is 7. The van der Waals surface area contributed by atoms with E-state index in [1.165, 1.54) is 27.5 Å². The van der Waals surface area contributed by atoms with E-state index in [1.54, 1.807) is 50.4 Å². The van der Waals surface area contributed by atoms with Gasteiger partial charge in [0.25, 0.3) is 5.91 Å². The molecule has 2 aromatic rings. The fourth-order valence-electron chi connectivity index (χ4n) is 3.15. The number of amides is 3. The molecular weight excluding hydrogens is 390 g/mol. The lowest BCUT2D eigenvalue weighted by atomic mass is 9.92. The monoisotopic (exact) mass is 413 g/mol. The Labute approximate surface area is 174 Å². The molecule has 1 aliphatic heterocycles. The lowest BCUT2D eigenvalue weighted by Gasteiger charge is -2.21. The van der Waals surface area contributed by atoms with Gasteiger partial charge in [0.1, 0.15) is 11.3 Å². The van der Waals surface area contributed by atoms with Crippen LogP contribution in [-0.2, 0) is 10.3 Å². The molecule has 158 valence electrons. The number of methoxy groups -OCH3 is 4. The Balaban J connectivity index is 1.89. The molecule has 1 fully saturated rings. The zero-order valence-electron chi connectivity index (χ0n) is 17.4. The Morgan fingerprint density at radius 1 is 0.933 bits per heavy atom. The van der Waals surface area contributed by atoms with E-state index in [0.29, 0.717) is 34.1 Å². The van der Waals surface area contributed by atoms with Gasteiger partial charge in [-0.25, -0.2) is 4.79 Å². The number of benzene rings is 2. The third-order valence-electron chi connectivity index (χ3n) is 4.85. The summed E-state index contributed by atoms with van der Waals surface area (Å²) in [7, 11) is 6.05. The molecule has 9 nitrogen and oxygen atoms in total. The molecule has 1 saturated heterocycles. The third kappa shape index (κ3) is 3.61. The van der Waals surface area contributed by atoms with E-state index in [1.807, 2.05) is 0 Å². The van der Waals surface area contributed by atoms with Crippen LogP contribution >= 0.6 is 0 Å². The fourth-order valence-corrected chi connectivity index (χ4v) is 3.15. The Hall–Kier alpha value is -3.75. The second-order valence-electron chi connectivity index (χ2n) is 6.60. The molecule has 30 heavy (non-hydrogen) atoms. The first-order chi connectivity index (χ1) is 14.4. The van der Waals surface area contributed by atoms with Crippen LogP contribution in [0.25, 0.3) is 0 Å². The molecule has 1 N–H and O–H groups in total. The number of urea groups is 1. The van der Waals surface area contributed by atoms with E-state index >= 15 is 0 Å². The number of nitrogens with one attached hydrogen (secondary N) is 1. The number of carbonyl (C=O) groups excluding carboxylic acids is 2. The zero-order chi connectivity index (χ0) is 21.9. The van der Waals surface area contributed by atoms with Crippen LogP contribution in [0.1, 0.15) is 18.1 Å². The largest absolute Gasteiger partial charge is 0.497 e. The van der Waals surface area contributed by atoms with Crippen LogP contribution in [0.3, 0.4) is 0 Å². The first-order valence-electron chi connectivity index (χ1n) is 9.03. The second-order valence-corrected chi connectivity index (χ2v) is 6.60. The topological polar surface area (TPSA) is 98.7 Å². The van der Waals surface area contributed by atoms with Crippen LogP contribution in [0.2, 0.25) is 0 Å². The van der Waals surface area contributed by atoms with E-state index in [0.717, 1.165) is 5.01 Å². The lowest BCUT2D eigenvalue weighted by Crippen LogP contribution is -2.40. The van der Waals surface area contributed by atoms with E-state index < -0.39 is 17.5 Å². The van der Waals surface area contributed by atoms with Crippen LogP contribution in [0.15, 0.2) is 41.5 Å². The maximum absolute atomic E-state index is 13.0. The van der Waals surface area contributed by atoms with Crippen molar-refractivity contribution in [2.45, 2.75) is 12.5 Å². The molecule has 0 bridgehead atoms. The first kappa shape index (κ1) is 21.0. The normalized spacial score (nSPS) is 18.5. The molecule has 0 unspecified atom stereocenters. The number of nitrogens with zero attached hydrogens (tertiary/aromatic N) is 2. The SMILES string of the molecule is COc1ccc([C@]2(C)NC(=O)N(/N=C\c3cc(OC)c(OC)c(OC)c3)C2=O)cc1. The van der Waals surface area contributed by atoms with Crippen molar-refractivity contribution in [1.82, 2.24) is 10.3 Å². The molecular formula is C21H23N3O6. The first-order valence-corrected chi connectivity index (χ1v) is 9.03. The molecule has 1 aliphatic rings. The molecule has 0 saturated carbocycles. The standard InChI is InChI=1S/C21H23N3O6/c1-21(14-6-8-15(27-2)9-7-14)19(25)24(20(26)23-21)22-12-13-10-16(28-3)18(30-5)17(11-13)29-4/h6-12H,1-5H3,(H,23,26)/b22-12-/t21-/m0/s1. The summed E-state index contributed by atoms with van der Waals surface area (Å²) in [5.41, 5.74) is -0.0639. The van der Waals surface area contributed by atoms with E-state index in [4.69, 9.17) is 18.9 Å². The number of carbonyl (C=O) groups is 2. The lowest BCUT2D eigenvalue weighted by molar-refractivity contribution is -0.131. The number of ether oxygens (including phenoxy) is 4. The van der Waals surface area contributed by atoms with Gasteiger partial charge >= 0.3 is 6.03 Å². The Kier molecular flexibility index (Phi) is 5.81. The summed E-state index contributed by atoms with van der Waals surface area (Å²) in [5, 5.41) is 7.58. The van der Waals surface area contributed by atoms with Crippen molar-refractivity contribution in [3.8, 4) is 23.0 Å². The Morgan fingerprint density at radius 3 is 2.03 bits per heavy atom. The summed E-state index contributed by atoms with van der Waals surface area (Å²) in [6, 6.07) is 9.59. The summed E-state index contributed by atoms with van der Waals surface area (Å²) < 4.78 is 21.0. The van der Waals surface area contributed by atoms with Crippen molar-refractivity contribution in [1.29, 1.82) is 0 Å². The average molecular weight is 413 g/mol. The molecule has 2 aromatic carbocycles. The number of hydrogen-bond donors (Lipinski definition) is 1. The van der Waals surface area contributed by atoms with Crippen molar-refractivity contribution in [2.24, 2.45) is 5.10 Å². The van der Waals surface area contributed by atoms with Crippen LogP contribution in [0.4, 0.5) is 4.79 Å². The van der Waals surface area contributed by atoms with E-state index in [-0.39, 0.29) is 0 Å². The van der Waals surface area contributed by atoms with Gasteiger partial charge < -0.3 is 24.3 Å². The molecule has 0 radical (unpaired) electrons. The summed E-state index contributed by atoms with van der Waals surface area (Å²) >= 11 is 0. The summed E-state index contributed by atoms with van der Waals surface area (Å²) in [6.07, 6.45) is 1.38. The van der Waals surface area contributed by atoms with Gasteiger partial charge in [0.05, 0.1) is 34.7 Å². The molecule has 0 aromatic heterocycles. The Bertz CT molecular complexity index is 964. The maximum Gasteiger partial charge on any atom is 0.346 e. The van der Waals surface area contributed by atoms with E-state index in [9.17, 15) is 9.59 Å². The fraction of sp³-hybridized carbons (Fsp3) is 0.286. The average Bonchev–Trinajstić information content (AvgIpc) is 3.00. The molecule has 0 spiro atoms. The van der Waals surface area contributed by atoms with Gasteiger partial charge in [-0.2, -0.15) is 5.10 Å². The summed E-state index contributed by atoms with van der Waals surface area (Å²) in [5.74, 6) is 1.44. The van der Waals surface area contributed by atoms with Gasteiger partial charge in [0.15, 0.2) is 11.5 Å². The molecule has 3 rings (SSSR count). The van der Waals surface area contributed by atoms with Gasteiger partial charge in [0.2, 0.25) is 5.75 Å². The van der Waals surface area contributed by atoms with Crippen LogP contribution in [-0.4, -0.2) is 51.6 Å². The minimum absolute atomic E-state index is 0.429. The van der Waals surface area contributed by atoms with Crippen molar-refractivity contribution in [3.05, 3.63) is 47.5 Å². The predicted octanol–water partition coefficient (Wildman–Crippen LogP) is 2.52. The minimum atomic E-state index is -1.24. The van der Waals surface area contributed by atoms with Gasteiger partial charge in [0, 0.05) is 5.56 Å². The highest BCUT2D eigenvalue weighted by atomic mass is 16.5. The highest BCUT2D eigenvalue weighted by molar-refractivity contribution is 6.07. The van der Waals surface area contributed by atoms with Gasteiger partial charge in [-0.1, -0.05) is 12.1 Å². The summed E-state index contributed by atoms with van der Waals surface area (Å²) in [6.45, 7) is 1.63. The van der Waals surface area contributed by atoms with Crippen molar-refractivity contribution in [2.75, 3.05) is 28.4 Å². The third-order valence-corrected chi connectivity index (χ3v) is 4.85. The number of hydrazone groups is 1. The number of imide groups is 1. The van der Waals surface area contributed by atoms with Crippen molar-refractivity contribution in [3.63, 3.8) is 0 Å². The maximum atomic E-state index is 13.0. The van der Waals surface area contributed by atoms with Crippen LogP contribution in [0, 0.1) is 0 Å². The highest BCUT2D eigenvalue weighted by Gasteiger charge is 2.49. The Morgan fingerprint density at radius 2 is 1.53 bits per heavy atom. The minimum Gasteiger partial charge on any atom is -0.497 e.